The summed E-state index contributed by atoms with van der Waals surface area (Å²) in [5.74, 6) is -0.0457. The number of carboxylic acid groups (broad SMARTS) is 1. The number of nitrogen functional groups attached to an aromatic ring is 1. The van der Waals surface area contributed by atoms with Gasteiger partial charge in [0.25, 0.3) is 0 Å². The number of carbonyl (C=O) groups excluding carboxylic acids is 1. The van der Waals surface area contributed by atoms with Gasteiger partial charge in [-0.2, -0.15) is 0 Å². The molecule has 1 atom stereocenters. The van der Waals surface area contributed by atoms with Gasteiger partial charge < -0.3 is 25.8 Å². The van der Waals surface area contributed by atoms with Gasteiger partial charge in [-0.15, -0.1) is 0 Å². The Morgan fingerprint density at radius 2 is 1.98 bits per heavy atom. The molecule has 3 heterocycles. The molecular formula is C28H26Cl2N6O4. The van der Waals surface area contributed by atoms with Gasteiger partial charge in [0.2, 0.25) is 5.91 Å². The fourth-order valence-electron chi connectivity index (χ4n) is 4.07. The quantitative estimate of drug-likeness (QED) is 0.191. The number of ether oxygens (including phenoxy) is 1. The molecule has 1 amide bonds. The highest BCUT2D eigenvalue weighted by atomic mass is 35.5. The van der Waals surface area contributed by atoms with E-state index < -0.39 is 12.0 Å². The molecular weight excluding hydrogens is 555 g/mol. The van der Waals surface area contributed by atoms with Crippen LogP contribution in [-0.4, -0.2) is 49.4 Å². The van der Waals surface area contributed by atoms with Crippen molar-refractivity contribution in [3.8, 4) is 5.75 Å². The first kappa shape index (κ1) is 28.6. The van der Waals surface area contributed by atoms with E-state index in [1.165, 1.54) is 11.2 Å². The average Bonchev–Trinajstić information content (AvgIpc) is 3.45. The summed E-state index contributed by atoms with van der Waals surface area (Å²) in [5.41, 5.74) is 8.65. The predicted octanol–water partition coefficient (Wildman–Crippen LogP) is 5.48. The zero-order chi connectivity index (χ0) is 28.6. The van der Waals surface area contributed by atoms with E-state index in [0.717, 1.165) is 29.3 Å². The third-order valence-corrected chi connectivity index (χ3v) is 6.67. The molecule has 12 heteroatoms. The third-order valence-electron chi connectivity index (χ3n) is 6.05. The maximum absolute atomic E-state index is 11.1. The van der Waals surface area contributed by atoms with E-state index in [0.29, 0.717) is 52.4 Å². The first-order valence-corrected chi connectivity index (χ1v) is 13.0. The van der Waals surface area contributed by atoms with Crippen molar-refractivity contribution in [3.63, 3.8) is 0 Å². The normalized spacial score (nSPS) is 14.2. The number of nitrogens with zero attached hydrogens (tertiary/aromatic N) is 4. The number of pyridine rings is 1. The van der Waals surface area contributed by atoms with Crippen LogP contribution in [0.5, 0.6) is 5.75 Å². The fourth-order valence-corrected chi connectivity index (χ4v) is 4.46. The standard InChI is InChI=1S/C20H15Cl2N5O.C8H11NO3/c21-15-9-18-14(8-17(15)23)20(26-11-25-18)27-12-4-5-19(16(22)7-12)28-10-13-3-1-2-6-24-13;1-2-7(10)9-5-3-4-6(9)8(11)12/h1-9,11H,10,23H2,(H,25,26,27);2,6H,1,3-5H2,(H,11,12)/t;6-/m.0/s1. The van der Waals surface area contributed by atoms with Crippen LogP contribution in [0, 0.1) is 0 Å². The minimum Gasteiger partial charge on any atom is -0.486 e. The van der Waals surface area contributed by atoms with Gasteiger partial charge in [-0.25, -0.2) is 14.8 Å². The van der Waals surface area contributed by atoms with E-state index in [1.807, 2.05) is 24.3 Å². The number of amides is 1. The molecule has 0 saturated carbocycles. The van der Waals surface area contributed by atoms with Crippen LogP contribution in [0.4, 0.5) is 17.2 Å². The second-order valence-corrected chi connectivity index (χ2v) is 9.54. The van der Waals surface area contributed by atoms with Gasteiger partial charge in [0, 0.05) is 23.8 Å². The summed E-state index contributed by atoms with van der Waals surface area (Å²) in [7, 11) is 0. The number of aliphatic carboxylic acids is 1. The Balaban J connectivity index is 0.000000259. The lowest BCUT2D eigenvalue weighted by Crippen LogP contribution is -2.39. The second-order valence-electron chi connectivity index (χ2n) is 8.73. The van der Waals surface area contributed by atoms with Gasteiger partial charge in [-0.1, -0.05) is 35.8 Å². The number of anilines is 3. The smallest absolute Gasteiger partial charge is 0.326 e. The number of benzene rings is 2. The number of nitrogens with one attached hydrogen (secondary N) is 1. The number of rotatable bonds is 7. The van der Waals surface area contributed by atoms with Crippen LogP contribution in [0.25, 0.3) is 10.9 Å². The number of nitrogens with two attached hydrogens (primary N) is 1. The van der Waals surface area contributed by atoms with Crippen LogP contribution < -0.4 is 15.8 Å². The van der Waals surface area contributed by atoms with Gasteiger partial charge in [0.1, 0.15) is 30.5 Å². The van der Waals surface area contributed by atoms with Crippen molar-refractivity contribution in [2.24, 2.45) is 0 Å². The molecule has 1 aliphatic rings. The van der Waals surface area contributed by atoms with Crippen LogP contribution in [0.15, 0.2) is 73.7 Å². The van der Waals surface area contributed by atoms with Crippen molar-refractivity contribution < 1.29 is 19.4 Å². The highest BCUT2D eigenvalue weighted by Crippen LogP contribution is 2.32. The highest BCUT2D eigenvalue weighted by Gasteiger charge is 2.32. The zero-order valence-corrected chi connectivity index (χ0v) is 22.8. The van der Waals surface area contributed by atoms with Crippen LogP contribution >= 0.6 is 23.2 Å². The van der Waals surface area contributed by atoms with Crippen LogP contribution in [0.3, 0.4) is 0 Å². The number of hydrogen-bond acceptors (Lipinski definition) is 8. The number of likely N-dealkylation sites (tertiary alicyclic amines) is 1. The molecule has 5 rings (SSSR count). The van der Waals surface area contributed by atoms with Crippen LogP contribution in [-0.2, 0) is 16.2 Å². The van der Waals surface area contributed by atoms with Crippen LogP contribution in [0.1, 0.15) is 18.5 Å². The summed E-state index contributed by atoms with van der Waals surface area (Å²) in [6.07, 6.45) is 5.65. The Morgan fingerprint density at radius 1 is 1.15 bits per heavy atom. The number of carboxylic acids is 1. The lowest BCUT2D eigenvalue weighted by Gasteiger charge is -2.18. The van der Waals surface area contributed by atoms with E-state index in [9.17, 15) is 9.59 Å². The summed E-state index contributed by atoms with van der Waals surface area (Å²) in [4.78, 5) is 35.8. The Kier molecular flexibility index (Phi) is 9.36. The summed E-state index contributed by atoms with van der Waals surface area (Å²) >= 11 is 12.4. The van der Waals surface area contributed by atoms with E-state index >= 15 is 0 Å². The first-order chi connectivity index (χ1) is 19.3. The predicted molar refractivity (Wildman–Crippen MR) is 155 cm³/mol. The minimum atomic E-state index is -0.928. The molecule has 2 aromatic heterocycles. The Labute approximate surface area is 240 Å². The first-order valence-electron chi connectivity index (χ1n) is 12.2. The Hall–Kier alpha value is -4.41. The van der Waals surface area contributed by atoms with Gasteiger partial charge in [-0.05, 0) is 61.4 Å². The lowest BCUT2D eigenvalue weighted by atomic mass is 10.2. The SMILES string of the molecule is C=CC(=O)N1CCC[C@H]1C(=O)O.Nc1cc2c(Nc3ccc(OCc4ccccn4)c(Cl)c3)ncnc2cc1Cl. The number of halogens is 2. The molecule has 4 aromatic rings. The second kappa shape index (κ2) is 13.1. The summed E-state index contributed by atoms with van der Waals surface area (Å²) < 4.78 is 5.75. The van der Waals surface area contributed by atoms with Crippen molar-refractivity contribution in [1.82, 2.24) is 19.9 Å². The number of fused-ring (bicyclic) bond motifs is 1. The summed E-state index contributed by atoms with van der Waals surface area (Å²) in [5, 5.41) is 13.6. The molecule has 1 saturated heterocycles. The molecule has 40 heavy (non-hydrogen) atoms. The molecule has 0 unspecified atom stereocenters. The summed E-state index contributed by atoms with van der Waals surface area (Å²) in [6.45, 7) is 4.18. The van der Waals surface area contributed by atoms with Crippen molar-refractivity contribution in [1.29, 1.82) is 0 Å². The third kappa shape index (κ3) is 6.96. The van der Waals surface area contributed by atoms with Gasteiger partial charge >= 0.3 is 5.97 Å². The number of aromatic nitrogens is 3. The maximum Gasteiger partial charge on any atom is 0.326 e. The Bertz CT molecular complexity index is 1540. The van der Waals surface area contributed by atoms with Gasteiger partial charge in [0.15, 0.2) is 0 Å². The van der Waals surface area contributed by atoms with E-state index in [1.54, 1.807) is 30.5 Å². The van der Waals surface area contributed by atoms with Gasteiger partial charge in [0.05, 0.1) is 26.9 Å². The molecule has 2 aromatic carbocycles. The largest absolute Gasteiger partial charge is 0.486 e. The van der Waals surface area contributed by atoms with Crippen molar-refractivity contribution >= 4 is 63.2 Å². The molecule has 10 nitrogen and oxygen atoms in total. The van der Waals surface area contributed by atoms with Crippen molar-refractivity contribution in [2.75, 3.05) is 17.6 Å². The molecule has 0 bridgehead atoms. The highest BCUT2D eigenvalue weighted by molar-refractivity contribution is 6.34. The molecule has 0 spiro atoms. The monoisotopic (exact) mass is 580 g/mol. The average molecular weight is 581 g/mol. The molecule has 206 valence electrons. The Morgan fingerprint density at radius 3 is 2.67 bits per heavy atom. The molecule has 0 aliphatic carbocycles. The topological polar surface area (TPSA) is 144 Å². The minimum absolute atomic E-state index is 0.292. The fraction of sp³-hybridized carbons (Fsp3) is 0.179. The maximum atomic E-state index is 11.1. The van der Waals surface area contributed by atoms with E-state index in [2.05, 4.69) is 26.8 Å². The van der Waals surface area contributed by atoms with E-state index in [-0.39, 0.29) is 5.91 Å². The number of carbonyl (C=O) groups is 2. The summed E-state index contributed by atoms with van der Waals surface area (Å²) in [6, 6.07) is 13.9. The van der Waals surface area contributed by atoms with Gasteiger partial charge in [-0.3, -0.25) is 9.78 Å². The molecule has 4 N–H and O–H groups in total. The zero-order valence-electron chi connectivity index (χ0n) is 21.3. The molecule has 1 fully saturated rings. The molecule has 1 aliphatic heterocycles. The van der Waals surface area contributed by atoms with Crippen molar-refractivity contribution in [3.05, 3.63) is 89.4 Å². The van der Waals surface area contributed by atoms with E-state index in [4.69, 9.17) is 38.8 Å². The molecule has 0 radical (unpaired) electrons. The lowest BCUT2D eigenvalue weighted by molar-refractivity contribution is -0.146. The van der Waals surface area contributed by atoms with Crippen LogP contribution in [0.2, 0.25) is 10.0 Å². The van der Waals surface area contributed by atoms with Crippen molar-refractivity contribution in [2.45, 2.75) is 25.5 Å². The number of hydrogen-bond donors (Lipinski definition) is 3.